The van der Waals surface area contributed by atoms with Crippen LogP contribution in [0.5, 0.6) is 0 Å². The van der Waals surface area contributed by atoms with Crippen molar-refractivity contribution in [2.24, 2.45) is 5.92 Å². The fourth-order valence-corrected chi connectivity index (χ4v) is 2.03. The van der Waals surface area contributed by atoms with Crippen molar-refractivity contribution in [2.45, 2.75) is 27.7 Å². The highest BCUT2D eigenvalue weighted by atomic mass is 35.5. The standard InChI is InChI=1S/C16H21ClN4/c1-10(2)9-18-15-8-16(20-12(4)19-15)21-13-6-5-11(3)14(17)7-13/h5-8,10H,9H2,1-4H3,(H2,18,19,20,21). The second kappa shape index (κ2) is 6.76. The molecule has 1 aromatic heterocycles. The van der Waals surface area contributed by atoms with E-state index in [4.69, 9.17) is 11.6 Å². The lowest BCUT2D eigenvalue weighted by Crippen LogP contribution is -2.10. The molecule has 0 spiro atoms. The molecule has 2 rings (SSSR count). The maximum absolute atomic E-state index is 6.14. The normalized spacial score (nSPS) is 10.8. The number of nitrogens with one attached hydrogen (secondary N) is 2. The van der Waals surface area contributed by atoms with Gasteiger partial charge >= 0.3 is 0 Å². The molecule has 0 bridgehead atoms. The first-order valence-electron chi connectivity index (χ1n) is 7.07. The third-order valence-corrected chi connectivity index (χ3v) is 3.38. The molecule has 0 aliphatic carbocycles. The van der Waals surface area contributed by atoms with E-state index >= 15 is 0 Å². The number of anilines is 3. The van der Waals surface area contributed by atoms with E-state index in [2.05, 4.69) is 34.4 Å². The number of hydrogen-bond acceptors (Lipinski definition) is 4. The molecule has 4 nitrogen and oxygen atoms in total. The van der Waals surface area contributed by atoms with Crippen molar-refractivity contribution in [1.82, 2.24) is 9.97 Å². The van der Waals surface area contributed by atoms with Gasteiger partial charge in [0.15, 0.2) is 0 Å². The Labute approximate surface area is 131 Å². The second-order valence-corrected chi connectivity index (χ2v) is 5.96. The first kappa shape index (κ1) is 15.6. The topological polar surface area (TPSA) is 49.8 Å². The van der Waals surface area contributed by atoms with Gasteiger partial charge < -0.3 is 10.6 Å². The fraction of sp³-hybridized carbons (Fsp3) is 0.375. The van der Waals surface area contributed by atoms with Crippen LogP contribution in [0.25, 0.3) is 0 Å². The summed E-state index contributed by atoms with van der Waals surface area (Å²) in [7, 11) is 0. The Morgan fingerprint density at radius 1 is 1.10 bits per heavy atom. The van der Waals surface area contributed by atoms with E-state index in [0.29, 0.717) is 5.92 Å². The first-order chi connectivity index (χ1) is 9.94. The molecule has 0 unspecified atom stereocenters. The number of aryl methyl sites for hydroxylation is 2. The third-order valence-electron chi connectivity index (χ3n) is 2.97. The van der Waals surface area contributed by atoms with Gasteiger partial charge in [-0.3, -0.25) is 0 Å². The molecule has 0 saturated heterocycles. The van der Waals surface area contributed by atoms with E-state index in [1.807, 2.05) is 38.1 Å². The number of halogens is 1. The molecule has 0 aliphatic heterocycles. The average Bonchev–Trinajstić information content (AvgIpc) is 2.40. The summed E-state index contributed by atoms with van der Waals surface area (Å²) in [6.07, 6.45) is 0. The quantitative estimate of drug-likeness (QED) is 0.850. The lowest BCUT2D eigenvalue weighted by molar-refractivity contribution is 0.686. The lowest BCUT2D eigenvalue weighted by atomic mass is 10.2. The fourth-order valence-electron chi connectivity index (χ4n) is 1.85. The zero-order chi connectivity index (χ0) is 15.4. The van der Waals surface area contributed by atoms with Crippen molar-refractivity contribution in [2.75, 3.05) is 17.2 Å². The van der Waals surface area contributed by atoms with Crippen LogP contribution in [0.3, 0.4) is 0 Å². The summed E-state index contributed by atoms with van der Waals surface area (Å²) in [5.74, 6) is 2.88. The lowest BCUT2D eigenvalue weighted by Gasteiger charge is -2.12. The molecule has 0 radical (unpaired) electrons. The van der Waals surface area contributed by atoms with Crippen molar-refractivity contribution < 1.29 is 0 Å². The van der Waals surface area contributed by atoms with E-state index < -0.39 is 0 Å². The Hall–Kier alpha value is -1.81. The van der Waals surface area contributed by atoms with Crippen molar-refractivity contribution >= 4 is 28.9 Å². The molecule has 0 aliphatic rings. The number of hydrogen-bond donors (Lipinski definition) is 2. The summed E-state index contributed by atoms with van der Waals surface area (Å²) in [6, 6.07) is 7.77. The molecule has 5 heteroatoms. The van der Waals surface area contributed by atoms with Gasteiger partial charge in [0, 0.05) is 23.3 Å². The van der Waals surface area contributed by atoms with Crippen molar-refractivity contribution in [3.05, 3.63) is 40.7 Å². The SMILES string of the molecule is Cc1nc(NCC(C)C)cc(Nc2ccc(C)c(Cl)c2)n1. The van der Waals surface area contributed by atoms with E-state index in [1.54, 1.807) is 0 Å². The predicted octanol–water partition coefficient (Wildman–Crippen LogP) is 4.56. The molecule has 2 aromatic rings. The summed E-state index contributed by atoms with van der Waals surface area (Å²) in [6.45, 7) is 9.07. The molecule has 21 heavy (non-hydrogen) atoms. The van der Waals surface area contributed by atoms with Crippen LogP contribution in [0.4, 0.5) is 17.3 Å². The van der Waals surface area contributed by atoms with Crippen LogP contribution >= 0.6 is 11.6 Å². The van der Waals surface area contributed by atoms with Crippen LogP contribution in [0, 0.1) is 19.8 Å². The van der Waals surface area contributed by atoms with Gasteiger partial charge in [-0.05, 0) is 37.5 Å². The largest absolute Gasteiger partial charge is 0.370 e. The van der Waals surface area contributed by atoms with Crippen LogP contribution in [-0.2, 0) is 0 Å². The van der Waals surface area contributed by atoms with Gasteiger partial charge in [0.2, 0.25) is 0 Å². The maximum atomic E-state index is 6.14. The zero-order valence-electron chi connectivity index (χ0n) is 12.9. The minimum absolute atomic E-state index is 0.563. The second-order valence-electron chi connectivity index (χ2n) is 5.55. The molecule has 0 amide bonds. The summed E-state index contributed by atoms with van der Waals surface area (Å²) < 4.78 is 0. The van der Waals surface area contributed by atoms with Crippen LogP contribution in [0.15, 0.2) is 24.3 Å². The molecule has 0 fully saturated rings. The number of benzene rings is 1. The Morgan fingerprint density at radius 3 is 2.48 bits per heavy atom. The first-order valence-corrected chi connectivity index (χ1v) is 7.44. The molecule has 112 valence electrons. The minimum atomic E-state index is 0.563. The van der Waals surface area contributed by atoms with Gasteiger partial charge in [-0.25, -0.2) is 9.97 Å². The highest BCUT2D eigenvalue weighted by molar-refractivity contribution is 6.31. The van der Waals surface area contributed by atoms with Gasteiger partial charge in [0.1, 0.15) is 17.5 Å². The highest BCUT2D eigenvalue weighted by Gasteiger charge is 2.04. The van der Waals surface area contributed by atoms with Crippen molar-refractivity contribution in [1.29, 1.82) is 0 Å². The number of rotatable bonds is 5. The maximum Gasteiger partial charge on any atom is 0.136 e. The Bertz CT molecular complexity index is 626. The van der Waals surface area contributed by atoms with Gasteiger partial charge in [0.25, 0.3) is 0 Å². The molecular weight excluding hydrogens is 284 g/mol. The van der Waals surface area contributed by atoms with E-state index in [0.717, 1.165) is 40.3 Å². The molecule has 1 aromatic carbocycles. The van der Waals surface area contributed by atoms with E-state index in [9.17, 15) is 0 Å². The summed E-state index contributed by atoms with van der Waals surface area (Å²) >= 11 is 6.14. The molecule has 0 saturated carbocycles. The van der Waals surface area contributed by atoms with Gasteiger partial charge in [-0.15, -0.1) is 0 Å². The smallest absolute Gasteiger partial charge is 0.136 e. The summed E-state index contributed by atoms with van der Waals surface area (Å²) in [5.41, 5.74) is 1.97. The molecule has 1 heterocycles. The number of aromatic nitrogens is 2. The molecule has 0 atom stereocenters. The Kier molecular flexibility index (Phi) is 5.02. The van der Waals surface area contributed by atoms with Crippen LogP contribution < -0.4 is 10.6 Å². The predicted molar refractivity (Wildman–Crippen MR) is 89.6 cm³/mol. The van der Waals surface area contributed by atoms with Crippen molar-refractivity contribution in [3.63, 3.8) is 0 Å². The van der Waals surface area contributed by atoms with Crippen LogP contribution in [0.1, 0.15) is 25.2 Å². The zero-order valence-corrected chi connectivity index (χ0v) is 13.6. The summed E-state index contributed by atoms with van der Waals surface area (Å²) in [4.78, 5) is 8.79. The monoisotopic (exact) mass is 304 g/mol. The van der Waals surface area contributed by atoms with Gasteiger partial charge in [-0.2, -0.15) is 0 Å². The average molecular weight is 305 g/mol. The van der Waals surface area contributed by atoms with Gasteiger partial charge in [-0.1, -0.05) is 31.5 Å². The Balaban J connectivity index is 2.17. The van der Waals surface area contributed by atoms with Crippen LogP contribution in [0.2, 0.25) is 5.02 Å². The Morgan fingerprint density at radius 2 is 1.81 bits per heavy atom. The van der Waals surface area contributed by atoms with E-state index in [1.165, 1.54) is 0 Å². The molecule has 2 N–H and O–H groups in total. The van der Waals surface area contributed by atoms with Gasteiger partial charge in [0.05, 0.1) is 0 Å². The van der Waals surface area contributed by atoms with Crippen molar-refractivity contribution in [3.8, 4) is 0 Å². The summed E-state index contributed by atoms with van der Waals surface area (Å²) in [5, 5.41) is 7.32. The third kappa shape index (κ3) is 4.60. The number of nitrogens with zero attached hydrogens (tertiary/aromatic N) is 2. The van der Waals surface area contributed by atoms with Crippen LogP contribution in [-0.4, -0.2) is 16.5 Å². The van der Waals surface area contributed by atoms with E-state index in [-0.39, 0.29) is 0 Å². The minimum Gasteiger partial charge on any atom is -0.370 e. The highest BCUT2D eigenvalue weighted by Crippen LogP contribution is 2.23. The molecular formula is C16H21ClN4.